The van der Waals surface area contributed by atoms with Crippen molar-refractivity contribution < 1.29 is 18.7 Å². The average Bonchev–Trinajstić information content (AvgIpc) is 3.50. The maximum absolute atomic E-state index is 16.0. The van der Waals surface area contributed by atoms with Gasteiger partial charge in [0.05, 0.1) is 42.2 Å². The van der Waals surface area contributed by atoms with Crippen LogP contribution in [0.25, 0.3) is 0 Å². The average molecular weight is 554 g/mol. The first-order valence-electron chi connectivity index (χ1n) is 15.9. The zero-order valence-corrected chi connectivity index (χ0v) is 23.5. The maximum Gasteiger partial charge on any atom is 0.258 e. The molecule has 3 aliphatic carbocycles. The highest BCUT2D eigenvalue weighted by atomic mass is 19.1. The summed E-state index contributed by atoms with van der Waals surface area (Å²) in [6.45, 7) is 2.89. The van der Waals surface area contributed by atoms with Gasteiger partial charge in [-0.25, -0.2) is 9.37 Å². The highest BCUT2D eigenvalue weighted by Gasteiger charge is 2.59. The number of ether oxygens (including phenoxy) is 1. The van der Waals surface area contributed by atoms with E-state index in [-0.39, 0.29) is 41.9 Å². The van der Waals surface area contributed by atoms with Gasteiger partial charge in [-0.15, -0.1) is 0 Å². The summed E-state index contributed by atoms with van der Waals surface area (Å²) in [5.41, 5.74) is 0.284. The Hall–Kier alpha value is -2.26. The second kappa shape index (κ2) is 11.2. The maximum atomic E-state index is 16.0. The lowest BCUT2D eigenvalue weighted by atomic mass is 9.65. The first kappa shape index (κ1) is 26.6. The number of amides is 1. The number of fused-ring (bicyclic) bond motifs is 3. The van der Waals surface area contributed by atoms with E-state index in [4.69, 9.17) is 4.74 Å². The van der Waals surface area contributed by atoms with Gasteiger partial charge in [0.25, 0.3) is 5.91 Å². The number of piperidine rings is 1. The minimum atomic E-state index is -1.20. The van der Waals surface area contributed by atoms with Crippen LogP contribution < -0.4 is 5.32 Å². The largest absolute Gasteiger partial charge is 0.369 e. The van der Waals surface area contributed by atoms with Gasteiger partial charge in [0, 0.05) is 44.1 Å². The van der Waals surface area contributed by atoms with Gasteiger partial charge in [0.1, 0.15) is 6.17 Å². The second-order valence-corrected chi connectivity index (χ2v) is 13.2. The standard InChI is InChI=1S/C31H44FN5O3/c32-24-17-22-28-30(27(24)34-9-6-11-35-14-10-33-19-35)40-26-16-21-8-3-2-7-20(21)15-25(26)37(28)18-23(29(22)38)31(39)36-12-4-1-5-13-36/h10,14,18-22,24-28,30,34H,1-9,11-13,15-17H2. The predicted octanol–water partition coefficient (Wildman–Crippen LogP) is 3.48. The minimum Gasteiger partial charge on any atom is -0.369 e. The Morgan fingerprint density at radius 3 is 2.65 bits per heavy atom. The van der Waals surface area contributed by atoms with Crippen molar-refractivity contribution in [2.75, 3.05) is 19.6 Å². The van der Waals surface area contributed by atoms with Gasteiger partial charge in [0.2, 0.25) is 0 Å². The van der Waals surface area contributed by atoms with E-state index >= 15 is 4.39 Å². The minimum absolute atomic E-state index is 0.0117. The molecule has 218 valence electrons. The number of ketones is 1. The molecule has 40 heavy (non-hydrogen) atoms. The van der Waals surface area contributed by atoms with Gasteiger partial charge < -0.3 is 24.4 Å². The Morgan fingerprint density at radius 1 is 1.07 bits per heavy atom. The van der Waals surface area contributed by atoms with Crippen LogP contribution in [0.2, 0.25) is 0 Å². The van der Waals surface area contributed by atoms with Crippen molar-refractivity contribution in [2.24, 2.45) is 17.8 Å². The van der Waals surface area contributed by atoms with Crippen molar-refractivity contribution in [2.45, 2.75) is 114 Å². The number of imidazole rings is 1. The molecule has 0 radical (unpaired) electrons. The molecule has 0 spiro atoms. The number of halogens is 1. The molecule has 2 saturated heterocycles. The van der Waals surface area contributed by atoms with Crippen LogP contribution in [0.3, 0.4) is 0 Å². The fourth-order valence-electron chi connectivity index (χ4n) is 8.90. The summed E-state index contributed by atoms with van der Waals surface area (Å²) in [5, 5.41) is 3.51. The van der Waals surface area contributed by atoms with Crippen LogP contribution in [0.1, 0.15) is 70.6 Å². The third-order valence-electron chi connectivity index (χ3n) is 10.9. The van der Waals surface area contributed by atoms with E-state index in [1.54, 1.807) is 12.5 Å². The van der Waals surface area contributed by atoms with Gasteiger partial charge >= 0.3 is 0 Å². The molecular formula is C31H44FN5O3. The van der Waals surface area contributed by atoms with Crippen molar-refractivity contribution in [1.82, 2.24) is 24.7 Å². The SMILES string of the molecule is O=C1C(C(=O)N2CCCCC2)=CN2C3CC4CCCCC4CC3OC3C(NCCCn4ccnc4)C(F)CC1C32. The molecule has 8 nitrogen and oxygen atoms in total. The van der Waals surface area contributed by atoms with E-state index in [0.29, 0.717) is 31.5 Å². The van der Waals surface area contributed by atoms with Crippen LogP contribution in [0.4, 0.5) is 4.39 Å². The molecule has 0 aromatic carbocycles. The second-order valence-electron chi connectivity index (χ2n) is 13.2. The van der Waals surface area contributed by atoms with Crippen molar-refractivity contribution >= 4 is 11.7 Å². The van der Waals surface area contributed by atoms with E-state index < -0.39 is 24.2 Å². The zero-order chi connectivity index (χ0) is 27.2. The molecule has 1 aromatic heterocycles. The molecule has 5 fully saturated rings. The summed E-state index contributed by atoms with van der Waals surface area (Å²) in [7, 11) is 0. The number of nitrogens with one attached hydrogen (secondary N) is 1. The molecule has 3 saturated carbocycles. The Labute approximate surface area is 236 Å². The van der Waals surface area contributed by atoms with E-state index in [9.17, 15) is 9.59 Å². The summed E-state index contributed by atoms with van der Waals surface area (Å²) >= 11 is 0. The Balaban J connectivity index is 1.17. The topological polar surface area (TPSA) is 79.7 Å². The molecule has 9 heteroatoms. The van der Waals surface area contributed by atoms with Crippen LogP contribution in [-0.4, -0.2) is 87.2 Å². The Morgan fingerprint density at radius 2 is 1.88 bits per heavy atom. The highest BCUT2D eigenvalue weighted by Crippen LogP contribution is 2.50. The van der Waals surface area contributed by atoms with Gasteiger partial charge in [-0.2, -0.15) is 0 Å². The third kappa shape index (κ3) is 4.81. The van der Waals surface area contributed by atoms with Crippen molar-refractivity contribution in [3.05, 3.63) is 30.5 Å². The summed E-state index contributed by atoms with van der Waals surface area (Å²) in [6, 6.07) is -0.527. The molecule has 9 unspecified atom stereocenters. The monoisotopic (exact) mass is 553 g/mol. The van der Waals surface area contributed by atoms with Gasteiger partial charge in [-0.3, -0.25) is 9.59 Å². The summed E-state index contributed by atoms with van der Waals surface area (Å²) in [4.78, 5) is 35.9. The lowest BCUT2D eigenvalue weighted by molar-refractivity contribution is -0.208. The number of aryl methyl sites for hydroxylation is 1. The lowest BCUT2D eigenvalue weighted by Crippen LogP contribution is -2.73. The normalized spacial score (nSPS) is 39.2. The van der Waals surface area contributed by atoms with E-state index in [2.05, 4.69) is 15.2 Å². The number of hydrogen-bond acceptors (Lipinski definition) is 6. The Kier molecular flexibility index (Phi) is 7.45. The molecule has 0 bridgehead atoms. The molecule has 1 aromatic rings. The molecule has 1 N–H and O–H groups in total. The van der Waals surface area contributed by atoms with Crippen LogP contribution in [0.15, 0.2) is 30.5 Å². The van der Waals surface area contributed by atoms with Crippen molar-refractivity contribution in [3.63, 3.8) is 0 Å². The van der Waals surface area contributed by atoms with Crippen molar-refractivity contribution in [1.29, 1.82) is 0 Å². The quantitative estimate of drug-likeness (QED) is 0.429. The first-order chi connectivity index (χ1) is 19.6. The number of rotatable bonds is 6. The van der Waals surface area contributed by atoms with E-state index in [1.807, 2.05) is 21.9 Å². The molecule has 9 atom stereocenters. The summed E-state index contributed by atoms with van der Waals surface area (Å²) in [5.74, 6) is 0.484. The smallest absolute Gasteiger partial charge is 0.258 e. The molecule has 7 rings (SSSR count). The summed E-state index contributed by atoms with van der Waals surface area (Å²) in [6.07, 6.45) is 17.0. The number of carbonyl (C=O) groups excluding carboxylic acids is 2. The van der Waals surface area contributed by atoms with Gasteiger partial charge in [-0.1, -0.05) is 25.7 Å². The van der Waals surface area contributed by atoms with Crippen LogP contribution in [0, 0.1) is 17.8 Å². The fraction of sp³-hybridized carbons (Fsp3) is 0.774. The molecular weight excluding hydrogens is 509 g/mol. The Bertz CT molecular complexity index is 1100. The molecule has 1 amide bonds. The van der Waals surface area contributed by atoms with Crippen LogP contribution in [-0.2, 0) is 20.9 Å². The number of aromatic nitrogens is 2. The number of likely N-dealkylation sites (tertiary alicyclic amines) is 1. The highest BCUT2D eigenvalue weighted by molar-refractivity contribution is 6.20. The number of carbonyl (C=O) groups is 2. The first-order valence-corrected chi connectivity index (χ1v) is 15.9. The predicted molar refractivity (Wildman–Crippen MR) is 148 cm³/mol. The van der Waals surface area contributed by atoms with Crippen LogP contribution in [0.5, 0.6) is 0 Å². The van der Waals surface area contributed by atoms with Gasteiger partial charge in [0.15, 0.2) is 5.78 Å². The molecule has 4 heterocycles. The number of Topliss-reactive ketones (excluding diaryl/α,β-unsaturated/α-hetero) is 1. The number of morpholine rings is 1. The van der Waals surface area contributed by atoms with Gasteiger partial charge in [-0.05, 0) is 63.3 Å². The fourth-order valence-corrected chi connectivity index (χ4v) is 8.90. The summed E-state index contributed by atoms with van der Waals surface area (Å²) < 4.78 is 24.9. The number of nitrogens with zero attached hydrogens (tertiary/aromatic N) is 4. The van der Waals surface area contributed by atoms with Crippen LogP contribution >= 0.6 is 0 Å². The number of alkyl halides is 1. The lowest BCUT2D eigenvalue weighted by Gasteiger charge is -2.61. The van der Waals surface area contributed by atoms with E-state index in [1.165, 1.54) is 25.7 Å². The molecule has 6 aliphatic rings. The van der Waals surface area contributed by atoms with Crippen molar-refractivity contribution in [3.8, 4) is 0 Å². The molecule has 3 aliphatic heterocycles. The third-order valence-corrected chi connectivity index (χ3v) is 10.9. The van der Waals surface area contributed by atoms with E-state index in [0.717, 1.165) is 45.1 Å². The number of hydrogen-bond donors (Lipinski definition) is 1. The zero-order valence-electron chi connectivity index (χ0n) is 23.5.